The number of rotatable bonds is 4. The molecule has 0 N–H and O–H groups in total. The van der Waals surface area contributed by atoms with Gasteiger partial charge in [-0.25, -0.2) is 9.97 Å². The van der Waals surface area contributed by atoms with Gasteiger partial charge in [-0.3, -0.25) is 0 Å². The molecular formula is C47H30N2S. The first-order chi connectivity index (χ1) is 24.8. The van der Waals surface area contributed by atoms with Gasteiger partial charge in [0.25, 0.3) is 0 Å². The maximum absolute atomic E-state index is 5.07. The molecule has 0 bridgehead atoms. The molecule has 0 saturated heterocycles. The van der Waals surface area contributed by atoms with Crippen LogP contribution in [0.4, 0.5) is 0 Å². The van der Waals surface area contributed by atoms with Crippen LogP contribution in [-0.2, 0) is 5.41 Å². The smallest absolute Gasteiger partial charge is 0.160 e. The molecule has 8 aromatic rings. The zero-order chi connectivity index (χ0) is 33.1. The maximum Gasteiger partial charge on any atom is 0.160 e. The number of nitrogens with zero attached hydrogens (tertiary/aromatic N) is 2. The number of hydrogen-bond donors (Lipinski definition) is 0. The monoisotopic (exact) mass is 654 g/mol. The summed E-state index contributed by atoms with van der Waals surface area (Å²) >= 11 is 1.89. The summed E-state index contributed by atoms with van der Waals surface area (Å²) in [5.74, 6) is 0.716. The highest BCUT2D eigenvalue weighted by atomic mass is 32.2. The molecule has 0 unspecified atom stereocenters. The molecule has 10 rings (SSSR count). The van der Waals surface area contributed by atoms with E-state index in [1.807, 2.05) is 23.9 Å². The van der Waals surface area contributed by atoms with Gasteiger partial charge in [-0.15, -0.1) is 0 Å². The van der Waals surface area contributed by atoms with E-state index in [1.54, 1.807) is 0 Å². The van der Waals surface area contributed by atoms with Crippen molar-refractivity contribution in [2.45, 2.75) is 15.2 Å². The van der Waals surface area contributed by atoms with Gasteiger partial charge < -0.3 is 0 Å². The Hall–Kier alpha value is -6.03. The fraction of sp³-hybridized carbons (Fsp3) is 0.0213. The van der Waals surface area contributed by atoms with Gasteiger partial charge in [0.15, 0.2) is 5.82 Å². The van der Waals surface area contributed by atoms with Crippen LogP contribution >= 0.6 is 11.8 Å². The predicted octanol–water partition coefficient (Wildman–Crippen LogP) is 12.0. The summed E-state index contributed by atoms with van der Waals surface area (Å²) in [5, 5.41) is 0. The minimum absolute atomic E-state index is 0.389. The Morgan fingerprint density at radius 2 is 0.840 bits per heavy atom. The van der Waals surface area contributed by atoms with Crippen molar-refractivity contribution in [2.24, 2.45) is 0 Å². The first-order valence-corrected chi connectivity index (χ1v) is 17.8. The van der Waals surface area contributed by atoms with Crippen LogP contribution in [0, 0.1) is 0 Å². The topological polar surface area (TPSA) is 25.8 Å². The van der Waals surface area contributed by atoms with Gasteiger partial charge >= 0.3 is 0 Å². The third kappa shape index (κ3) is 4.37. The van der Waals surface area contributed by atoms with Crippen LogP contribution in [0.3, 0.4) is 0 Å². The van der Waals surface area contributed by atoms with Crippen LogP contribution in [0.5, 0.6) is 0 Å². The molecule has 3 heteroatoms. The molecule has 1 aliphatic carbocycles. The van der Waals surface area contributed by atoms with E-state index in [2.05, 4.69) is 170 Å². The van der Waals surface area contributed by atoms with Crippen molar-refractivity contribution in [3.8, 4) is 56.2 Å². The number of benzene rings is 7. The maximum atomic E-state index is 5.07. The zero-order valence-electron chi connectivity index (χ0n) is 27.1. The molecule has 0 atom stereocenters. The van der Waals surface area contributed by atoms with Crippen molar-refractivity contribution in [3.63, 3.8) is 0 Å². The molecule has 2 aliphatic rings. The number of fused-ring (bicyclic) bond motifs is 9. The van der Waals surface area contributed by atoms with E-state index < -0.39 is 0 Å². The molecule has 234 valence electrons. The fourth-order valence-corrected chi connectivity index (χ4v) is 9.32. The normalized spacial score (nSPS) is 13.3. The molecule has 50 heavy (non-hydrogen) atoms. The Morgan fingerprint density at radius 1 is 0.360 bits per heavy atom. The summed E-state index contributed by atoms with van der Waals surface area (Å²) in [5.41, 5.74) is 15.0. The molecule has 1 aliphatic heterocycles. The van der Waals surface area contributed by atoms with Crippen LogP contribution < -0.4 is 0 Å². The summed E-state index contributed by atoms with van der Waals surface area (Å²) in [6.45, 7) is 0. The average Bonchev–Trinajstić information content (AvgIpc) is 3.49. The molecule has 0 radical (unpaired) electrons. The summed E-state index contributed by atoms with van der Waals surface area (Å²) in [6, 6.07) is 65.4. The van der Waals surface area contributed by atoms with E-state index in [4.69, 9.17) is 9.97 Å². The summed E-state index contributed by atoms with van der Waals surface area (Å²) in [6.07, 6.45) is 0. The van der Waals surface area contributed by atoms with E-state index in [-0.39, 0.29) is 5.41 Å². The Bertz CT molecular complexity index is 2450. The molecule has 7 aromatic carbocycles. The molecule has 1 aromatic heterocycles. The van der Waals surface area contributed by atoms with E-state index >= 15 is 0 Å². The molecule has 1 spiro atoms. The largest absolute Gasteiger partial charge is 0.228 e. The summed E-state index contributed by atoms with van der Waals surface area (Å²) in [4.78, 5) is 12.8. The van der Waals surface area contributed by atoms with Gasteiger partial charge in [0, 0.05) is 26.5 Å². The van der Waals surface area contributed by atoms with Gasteiger partial charge in [-0.05, 0) is 56.6 Å². The molecule has 2 nitrogen and oxygen atoms in total. The Kier molecular flexibility index (Phi) is 6.68. The standard InChI is InChI=1S/C47H30N2S/c1-3-14-32(15-4-1)42-30-43(33-16-5-2-6-17-33)49-46(48-42)34-28-26-31(27-29-34)35-20-13-24-41-45(35)50-44-25-12-11-23-40(44)47(41)38-21-9-7-18-36(38)37-19-8-10-22-39(37)47/h1-30H. The quantitative estimate of drug-likeness (QED) is 0.189. The fourth-order valence-electron chi connectivity index (χ4n) is 7.99. The lowest BCUT2D eigenvalue weighted by Gasteiger charge is -2.40. The van der Waals surface area contributed by atoms with Crippen LogP contribution in [0.25, 0.3) is 56.2 Å². The second kappa shape index (κ2) is 11.5. The van der Waals surface area contributed by atoms with Crippen LogP contribution in [0.2, 0.25) is 0 Å². The van der Waals surface area contributed by atoms with Crippen molar-refractivity contribution in [1.82, 2.24) is 9.97 Å². The summed E-state index contributed by atoms with van der Waals surface area (Å²) in [7, 11) is 0. The van der Waals surface area contributed by atoms with Gasteiger partial charge in [0.05, 0.1) is 16.8 Å². The number of aromatic nitrogens is 2. The van der Waals surface area contributed by atoms with Crippen LogP contribution in [0.15, 0.2) is 192 Å². The SMILES string of the molecule is c1ccc(-c2cc(-c3ccccc3)nc(-c3ccc(-c4cccc5c4Sc4ccccc4C54c5ccccc5-c5ccccc54)cc3)n2)cc1. The highest BCUT2D eigenvalue weighted by molar-refractivity contribution is 7.99. The summed E-state index contributed by atoms with van der Waals surface area (Å²) < 4.78 is 0. The van der Waals surface area contributed by atoms with Crippen LogP contribution in [-0.4, -0.2) is 9.97 Å². The van der Waals surface area contributed by atoms with Gasteiger partial charge in [0.1, 0.15) is 0 Å². The zero-order valence-corrected chi connectivity index (χ0v) is 27.9. The number of hydrogen-bond acceptors (Lipinski definition) is 3. The van der Waals surface area contributed by atoms with Crippen LogP contribution in [0.1, 0.15) is 22.3 Å². The Balaban J connectivity index is 1.13. The van der Waals surface area contributed by atoms with E-state index in [9.17, 15) is 0 Å². The van der Waals surface area contributed by atoms with Gasteiger partial charge in [0.2, 0.25) is 0 Å². The Morgan fingerprint density at radius 3 is 1.46 bits per heavy atom. The van der Waals surface area contributed by atoms with Crippen molar-refractivity contribution in [3.05, 3.63) is 204 Å². The van der Waals surface area contributed by atoms with E-state index in [0.29, 0.717) is 5.82 Å². The molecule has 0 fully saturated rings. The third-order valence-corrected chi connectivity index (χ3v) is 11.4. The average molecular weight is 655 g/mol. The highest BCUT2D eigenvalue weighted by Gasteiger charge is 2.50. The minimum atomic E-state index is -0.389. The first kappa shape index (κ1) is 28.9. The van der Waals surface area contributed by atoms with Crippen molar-refractivity contribution >= 4 is 11.8 Å². The second-order valence-electron chi connectivity index (χ2n) is 12.9. The van der Waals surface area contributed by atoms with Gasteiger partial charge in [-0.2, -0.15) is 0 Å². The second-order valence-corrected chi connectivity index (χ2v) is 13.9. The van der Waals surface area contributed by atoms with Crippen molar-refractivity contribution in [2.75, 3.05) is 0 Å². The lowest BCUT2D eigenvalue weighted by atomic mass is 9.67. The third-order valence-electron chi connectivity index (χ3n) is 10.2. The lowest BCUT2D eigenvalue weighted by molar-refractivity contribution is 0.723. The van der Waals surface area contributed by atoms with E-state index in [0.717, 1.165) is 28.1 Å². The van der Waals surface area contributed by atoms with Gasteiger partial charge in [-0.1, -0.05) is 182 Å². The molecule has 2 heterocycles. The van der Waals surface area contributed by atoms with Crippen molar-refractivity contribution < 1.29 is 0 Å². The molecular weight excluding hydrogens is 625 g/mol. The minimum Gasteiger partial charge on any atom is -0.228 e. The molecule has 0 saturated carbocycles. The van der Waals surface area contributed by atoms with E-state index in [1.165, 1.54) is 54.3 Å². The highest BCUT2D eigenvalue weighted by Crippen LogP contribution is 2.63. The predicted molar refractivity (Wildman–Crippen MR) is 205 cm³/mol. The lowest BCUT2D eigenvalue weighted by Crippen LogP contribution is -2.32. The first-order valence-electron chi connectivity index (χ1n) is 17.0. The Labute approximate surface area is 296 Å². The van der Waals surface area contributed by atoms with Crippen molar-refractivity contribution in [1.29, 1.82) is 0 Å². The molecule has 0 amide bonds.